The molecule has 0 radical (unpaired) electrons. The molecule has 0 bridgehead atoms. The Bertz CT molecular complexity index is 817. The van der Waals surface area contributed by atoms with Crippen LogP contribution in [0.5, 0.6) is 5.75 Å². The number of benzene rings is 1. The molecule has 1 atom stereocenters. The van der Waals surface area contributed by atoms with Gasteiger partial charge < -0.3 is 19.5 Å². The predicted molar refractivity (Wildman–Crippen MR) is 101 cm³/mol. The fourth-order valence-corrected chi connectivity index (χ4v) is 3.47. The minimum absolute atomic E-state index is 0.0431. The van der Waals surface area contributed by atoms with Gasteiger partial charge in [-0.25, -0.2) is 4.98 Å². The maximum Gasteiger partial charge on any atom is 0.227 e. The van der Waals surface area contributed by atoms with E-state index in [0.29, 0.717) is 32.5 Å². The Morgan fingerprint density at radius 3 is 2.89 bits per heavy atom. The number of nitrogens with one attached hydrogen (secondary N) is 1. The number of ether oxygens (including phenoxy) is 1. The SMILES string of the molecule is COc1ccccc1CN1C[C@H](C(=O)N(C)Cc2ncc(C)[nH]2)CCC1=O. The average Bonchev–Trinajstić information content (AvgIpc) is 3.08. The molecule has 7 nitrogen and oxygen atoms in total. The van der Waals surface area contributed by atoms with E-state index in [1.807, 2.05) is 31.2 Å². The van der Waals surface area contributed by atoms with Crippen molar-refractivity contribution in [3.8, 4) is 5.75 Å². The molecule has 1 N–H and O–H groups in total. The third-order valence-corrected chi connectivity index (χ3v) is 4.92. The molecule has 2 aromatic rings. The number of imidazole rings is 1. The van der Waals surface area contributed by atoms with Gasteiger partial charge in [0.2, 0.25) is 11.8 Å². The number of hydrogen-bond donors (Lipinski definition) is 1. The van der Waals surface area contributed by atoms with Crippen molar-refractivity contribution in [3.63, 3.8) is 0 Å². The van der Waals surface area contributed by atoms with Crippen LogP contribution in [0.25, 0.3) is 0 Å². The number of rotatable bonds is 6. The van der Waals surface area contributed by atoms with Crippen molar-refractivity contribution in [2.24, 2.45) is 5.92 Å². The molecule has 1 fully saturated rings. The van der Waals surface area contributed by atoms with Crippen molar-refractivity contribution < 1.29 is 14.3 Å². The zero-order valence-corrected chi connectivity index (χ0v) is 16.1. The van der Waals surface area contributed by atoms with Crippen LogP contribution in [-0.4, -0.2) is 52.3 Å². The van der Waals surface area contributed by atoms with Gasteiger partial charge >= 0.3 is 0 Å². The molecular formula is C20H26N4O3. The second-order valence-corrected chi connectivity index (χ2v) is 7.03. The third kappa shape index (κ3) is 4.48. The molecule has 1 saturated heterocycles. The number of amides is 2. The second kappa shape index (κ2) is 8.24. The van der Waals surface area contributed by atoms with Gasteiger partial charge in [0.15, 0.2) is 0 Å². The smallest absolute Gasteiger partial charge is 0.227 e. The molecule has 1 aromatic carbocycles. The topological polar surface area (TPSA) is 78.5 Å². The van der Waals surface area contributed by atoms with E-state index in [4.69, 9.17) is 4.74 Å². The van der Waals surface area contributed by atoms with Crippen LogP contribution in [-0.2, 0) is 22.7 Å². The maximum atomic E-state index is 12.9. The van der Waals surface area contributed by atoms with Crippen LogP contribution < -0.4 is 4.74 Å². The van der Waals surface area contributed by atoms with Crippen molar-refractivity contribution in [3.05, 3.63) is 47.5 Å². The number of para-hydroxylation sites is 1. The van der Waals surface area contributed by atoms with Crippen molar-refractivity contribution in [1.82, 2.24) is 19.8 Å². The molecule has 1 aliphatic heterocycles. The van der Waals surface area contributed by atoms with Crippen LogP contribution in [0.15, 0.2) is 30.5 Å². The molecule has 2 amide bonds. The Morgan fingerprint density at radius 2 is 2.19 bits per heavy atom. The Labute approximate surface area is 159 Å². The van der Waals surface area contributed by atoms with Crippen molar-refractivity contribution in [2.75, 3.05) is 20.7 Å². The summed E-state index contributed by atoms with van der Waals surface area (Å²) >= 11 is 0. The third-order valence-electron chi connectivity index (χ3n) is 4.92. The molecule has 27 heavy (non-hydrogen) atoms. The Kier molecular flexibility index (Phi) is 5.78. The van der Waals surface area contributed by atoms with E-state index in [1.165, 1.54) is 0 Å². The van der Waals surface area contributed by atoms with E-state index in [0.717, 1.165) is 22.8 Å². The van der Waals surface area contributed by atoms with E-state index in [2.05, 4.69) is 9.97 Å². The van der Waals surface area contributed by atoms with Gasteiger partial charge in [0.25, 0.3) is 0 Å². The van der Waals surface area contributed by atoms with E-state index in [9.17, 15) is 9.59 Å². The van der Waals surface area contributed by atoms with Crippen LogP contribution in [0.1, 0.15) is 29.9 Å². The normalized spacial score (nSPS) is 17.1. The lowest BCUT2D eigenvalue weighted by Crippen LogP contribution is -2.45. The molecule has 144 valence electrons. The Morgan fingerprint density at radius 1 is 1.41 bits per heavy atom. The molecule has 0 aliphatic carbocycles. The summed E-state index contributed by atoms with van der Waals surface area (Å²) in [6.07, 6.45) is 2.72. The maximum absolute atomic E-state index is 12.9. The molecular weight excluding hydrogens is 344 g/mol. The van der Waals surface area contributed by atoms with Gasteiger partial charge in [0.1, 0.15) is 11.6 Å². The fourth-order valence-electron chi connectivity index (χ4n) is 3.47. The monoisotopic (exact) mass is 370 g/mol. The number of aromatic amines is 1. The predicted octanol–water partition coefficient (Wildman–Crippen LogP) is 2.12. The number of likely N-dealkylation sites (tertiary alicyclic amines) is 1. The average molecular weight is 370 g/mol. The molecule has 3 rings (SSSR count). The second-order valence-electron chi connectivity index (χ2n) is 7.03. The first-order chi connectivity index (χ1) is 13.0. The standard InChI is InChI=1S/C20H26N4O3/c1-14-10-21-18(22-14)13-23(2)20(26)16-8-9-19(25)24(12-16)11-15-6-4-5-7-17(15)27-3/h4-7,10,16H,8-9,11-13H2,1-3H3,(H,21,22)/t16-/m1/s1. The minimum Gasteiger partial charge on any atom is -0.496 e. The first-order valence-corrected chi connectivity index (χ1v) is 9.13. The number of aromatic nitrogens is 2. The van der Waals surface area contributed by atoms with Crippen molar-refractivity contribution in [2.45, 2.75) is 32.9 Å². The largest absolute Gasteiger partial charge is 0.496 e. The van der Waals surface area contributed by atoms with Crippen LogP contribution in [0.4, 0.5) is 0 Å². The first-order valence-electron chi connectivity index (χ1n) is 9.13. The van der Waals surface area contributed by atoms with E-state index in [1.54, 1.807) is 30.2 Å². The van der Waals surface area contributed by atoms with Gasteiger partial charge in [-0.15, -0.1) is 0 Å². The summed E-state index contributed by atoms with van der Waals surface area (Å²) in [6, 6.07) is 7.65. The molecule has 0 unspecified atom stereocenters. The summed E-state index contributed by atoms with van der Waals surface area (Å²) in [6.45, 7) is 3.25. The van der Waals surface area contributed by atoms with Crippen LogP contribution in [0.3, 0.4) is 0 Å². The summed E-state index contributed by atoms with van der Waals surface area (Å²) < 4.78 is 5.38. The van der Waals surface area contributed by atoms with Gasteiger partial charge in [-0.1, -0.05) is 18.2 Å². The lowest BCUT2D eigenvalue weighted by Gasteiger charge is -2.34. The molecule has 0 spiro atoms. The Balaban J connectivity index is 1.65. The lowest BCUT2D eigenvalue weighted by molar-refractivity contribution is -0.143. The van der Waals surface area contributed by atoms with E-state index >= 15 is 0 Å². The molecule has 1 aliphatic rings. The quantitative estimate of drug-likeness (QED) is 0.845. The van der Waals surface area contributed by atoms with Crippen LogP contribution in [0, 0.1) is 12.8 Å². The number of hydrogen-bond acceptors (Lipinski definition) is 4. The minimum atomic E-state index is -0.196. The van der Waals surface area contributed by atoms with Gasteiger partial charge in [0, 0.05) is 44.0 Å². The van der Waals surface area contributed by atoms with Crippen LogP contribution >= 0.6 is 0 Å². The van der Waals surface area contributed by atoms with Crippen LogP contribution in [0.2, 0.25) is 0 Å². The van der Waals surface area contributed by atoms with Crippen molar-refractivity contribution in [1.29, 1.82) is 0 Å². The number of piperidine rings is 1. The summed E-state index contributed by atoms with van der Waals surface area (Å²) in [5, 5.41) is 0. The van der Waals surface area contributed by atoms with Gasteiger partial charge in [0.05, 0.1) is 19.6 Å². The highest BCUT2D eigenvalue weighted by molar-refractivity contribution is 5.83. The molecule has 7 heteroatoms. The van der Waals surface area contributed by atoms with E-state index in [-0.39, 0.29) is 17.7 Å². The van der Waals surface area contributed by atoms with Crippen molar-refractivity contribution >= 4 is 11.8 Å². The summed E-state index contributed by atoms with van der Waals surface area (Å²) in [5.74, 6) is 1.44. The summed E-state index contributed by atoms with van der Waals surface area (Å²) in [7, 11) is 3.40. The lowest BCUT2D eigenvalue weighted by atomic mass is 9.95. The first kappa shape index (κ1) is 18.9. The zero-order chi connectivity index (χ0) is 19.4. The van der Waals surface area contributed by atoms with Gasteiger partial charge in [-0.3, -0.25) is 9.59 Å². The van der Waals surface area contributed by atoms with Gasteiger partial charge in [-0.2, -0.15) is 0 Å². The number of aryl methyl sites for hydroxylation is 1. The number of carbonyl (C=O) groups is 2. The zero-order valence-electron chi connectivity index (χ0n) is 16.1. The highest BCUT2D eigenvalue weighted by Crippen LogP contribution is 2.25. The number of carbonyl (C=O) groups excluding carboxylic acids is 2. The number of methoxy groups -OCH3 is 1. The highest BCUT2D eigenvalue weighted by Gasteiger charge is 2.32. The number of nitrogens with zero attached hydrogens (tertiary/aromatic N) is 3. The van der Waals surface area contributed by atoms with Gasteiger partial charge in [-0.05, 0) is 19.4 Å². The Hall–Kier alpha value is -2.83. The molecule has 0 saturated carbocycles. The fraction of sp³-hybridized carbons (Fsp3) is 0.450. The summed E-state index contributed by atoms with van der Waals surface area (Å²) in [4.78, 5) is 36.1. The molecule has 2 heterocycles. The highest BCUT2D eigenvalue weighted by atomic mass is 16.5. The van der Waals surface area contributed by atoms with E-state index < -0.39 is 0 Å². The summed E-state index contributed by atoms with van der Waals surface area (Å²) in [5.41, 5.74) is 1.91. The molecule has 1 aromatic heterocycles. The number of H-pyrrole nitrogens is 1.